The van der Waals surface area contributed by atoms with E-state index in [4.69, 9.17) is 0 Å². The SMILES string of the molecule is CCS(CC)(CC)c1cc2ccccc2n1Cc1ccccc1. The van der Waals surface area contributed by atoms with E-state index in [-0.39, 0.29) is 0 Å². The Balaban J connectivity index is 2.19. The highest BCUT2D eigenvalue weighted by Gasteiger charge is 2.25. The fraction of sp³-hybridized carbons (Fsp3) is 0.333. The number of hydrogen-bond donors (Lipinski definition) is 0. The lowest BCUT2D eigenvalue weighted by atomic mass is 10.2. The second-order valence-electron chi connectivity index (χ2n) is 6.02. The Morgan fingerprint density at radius 2 is 1.39 bits per heavy atom. The molecule has 0 saturated carbocycles. The Hall–Kier alpha value is -1.67. The van der Waals surface area contributed by atoms with Crippen molar-refractivity contribution in [2.75, 3.05) is 17.3 Å². The molecular formula is C21H27NS. The summed E-state index contributed by atoms with van der Waals surface area (Å²) >= 11 is 0. The van der Waals surface area contributed by atoms with Gasteiger partial charge in [0.05, 0.1) is 5.03 Å². The highest BCUT2D eigenvalue weighted by Crippen LogP contribution is 2.56. The molecule has 0 bridgehead atoms. The van der Waals surface area contributed by atoms with Crippen LogP contribution in [0, 0.1) is 0 Å². The molecule has 122 valence electrons. The molecule has 0 fully saturated rings. The molecule has 1 nitrogen and oxygen atoms in total. The second kappa shape index (κ2) is 6.84. The van der Waals surface area contributed by atoms with Crippen molar-refractivity contribution < 1.29 is 0 Å². The van der Waals surface area contributed by atoms with Crippen LogP contribution in [0.5, 0.6) is 0 Å². The van der Waals surface area contributed by atoms with Gasteiger partial charge in [0.2, 0.25) is 0 Å². The molecule has 0 N–H and O–H groups in total. The summed E-state index contributed by atoms with van der Waals surface area (Å²) in [5.41, 5.74) is 2.75. The molecule has 2 aromatic carbocycles. The first kappa shape index (κ1) is 16.2. The zero-order valence-corrected chi connectivity index (χ0v) is 15.3. The average Bonchev–Trinajstić information content (AvgIpc) is 2.97. The average molecular weight is 326 g/mol. The first-order valence-corrected chi connectivity index (χ1v) is 10.8. The van der Waals surface area contributed by atoms with Crippen LogP contribution in [0.15, 0.2) is 65.7 Å². The molecule has 0 saturated heterocycles. The number of nitrogens with zero attached hydrogens (tertiary/aromatic N) is 1. The van der Waals surface area contributed by atoms with Crippen molar-refractivity contribution in [3.8, 4) is 0 Å². The lowest BCUT2D eigenvalue weighted by Gasteiger charge is -2.38. The smallest absolute Gasteiger partial charge is 0.0589 e. The molecule has 0 unspecified atom stereocenters. The number of rotatable bonds is 6. The fourth-order valence-electron chi connectivity index (χ4n) is 3.53. The van der Waals surface area contributed by atoms with Crippen LogP contribution < -0.4 is 0 Å². The molecule has 0 radical (unpaired) electrons. The van der Waals surface area contributed by atoms with Gasteiger partial charge < -0.3 is 4.57 Å². The highest BCUT2D eigenvalue weighted by molar-refractivity contribution is 8.33. The van der Waals surface area contributed by atoms with Gasteiger partial charge in [-0.1, -0.05) is 69.3 Å². The van der Waals surface area contributed by atoms with Gasteiger partial charge in [-0.05, 0) is 35.0 Å². The molecule has 2 heteroatoms. The summed E-state index contributed by atoms with van der Waals surface area (Å²) in [6.07, 6.45) is 0. The molecule has 0 atom stereocenters. The molecule has 0 aliphatic rings. The van der Waals surface area contributed by atoms with Crippen LogP contribution in [0.25, 0.3) is 10.9 Å². The summed E-state index contributed by atoms with van der Waals surface area (Å²) < 4.78 is 2.58. The van der Waals surface area contributed by atoms with E-state index in [0.29, 0.717) is 0 Å². The Morgan fingerprint density at radius 3 is 2.04 bits per heavy atom. The standard InChI is InChI=1S/C21H27NS/c1-4-23(5-2,6-3)21-16-19-14-10-11-15-20(19)22(21)17-18-12-8-7-9-13-18/h7-16H,4-6,17H2,1-3H3. The van der Waals surface area contributed by atoms with Gasteiger partial charge in [-0.15, -0.1) is 0 Å². The summed E-state index contributed by atoms with van der Waals surface area (Å²) in [5, 5.41) is 2.96. The number of aromatic nitrogens is 1. The maximum Gasteiger partial charge on any atom is 0.0589 e. The molecule has 3 aromatic rings. The van der Waals surface area contributed by atoms with Crippen molar-refractivity contribution in [3.63, 3.8) is 0 Å². The second-order valence-corrected chi connectivity index (χ2v) is 10.3. The van der Waals surface area contributed by atoms with Crippen molar-refractivity contribution in [3.05, 3.63) is 66.2 Å². The van der Waals surface area contributed by atoms with Crippen LogP contribution in [-0.4, -0.2) is 21.8 Å². The number of fused-ring (bicyclic) bond motifs is 1. The minimum Gasteiger partial charge on any atom is -0.332 e. The van der Waals surface area contributed by atoms with Crippen LogP contribution in [0.2, 0.25) is 0 Å². The van der Waals surface area contributed by atoms with Gasteiger partial charge in [0.1, 0.15) is 0 Å². The van der Waals surface area contributed by atoms with E-state index in [1.807, 2.05) is 0 Å². The summed E-state index contributed by atoms with van der Waals surface area (Å²) in [5.74, 6) is 3.81. The minimum atomic E-state index is -0.739. The summed E-state index contributed by atoms with van der Waals surface area (Å²) in [7, 11) is -0.739. The largest absolute Gasteiger partial charge is 0.332 e. The minimum absolute atomic E-state index is 0.739. The van der Waals surface area contributed by atoms with Gasteiger partial charge in [-0.3, -0.25) is 0 Å². The monoisotopic (exact) mass is 325 g/mol. The van der Waals surface area contributed by atoms with E-state index >= 15 is 0 Å². The number of benzene rings is 2. The molecule has 1 heterocycles. The highest BCUT2D eigenvalue weighted by atomic mass is 32.3. The van der Waals surface area contributed by atoms with Crippen molar-refractivity contribution in [2.24, 2.45) is 0 Å². The zero-order chi connectivity index (χ0) is 16.3. The van der Waals surface area contributed by atoms with Gasteiger partial charge in [0.15, 0.2) is 0 Å². The van der Waals surface area contributed by atoms with Crippen LogP contribution in [0.3, 0.4) is 0 Å². The lowest BCUT2D eigenvalue weighted by molar-refractivity contribution is 0.755. The zero-order valence-electron chi connectivity index (χ0n) is 14.5. The third kappa shape index (κ3) is 2.92. The third-order valence-electron chi connectivity index (χ3n) is 5.06. The molecular weight excluding hydrogens is 298 g/mol. The van der Waals surface area contributed by atoms with Crippen LogP contribution in [-0.2, 0) is 6.54 Å². The lowest BCUT2D eigenvalue weighted by Crippen LogP contribution is -2.15. The first-order chi connectivity index (χ1) is 11.2. The molecule has 1 aromatic heterocycles. The van der Waals surface area contributed by atoms with E-state index in [2.05, 4.69) is 86.0 Å². The van der Waals surface area contributed by atoms with Crippen molar-refractivity contribution in [1.82, 2.24) is 4.57 Å². The molecule has 0 amide bonds. The van der Waals surface area contributed by atoms with Gasteiger partial charge in [-0.25, -0.2) is 10.0 Å². The Bertz CT molecular complexity index is 761. The van der Waals surface area contributed by atoms with Crippen molar-refractivity contribution in [1.29, 1.82) is 0 Å². The van der Waals surface area contributed by atoms with Crippen molar-refractivity contribution in [2.45, 2.75) is 32.3 Å². The summed E-state index contributed by atoms with van der Waals surface area (Å²) in [6.45, 7) is 8.07. The van der Waals surface area contributed by atoms with E-state index in [0.717, 1.165) is 6.54 Å². The summed E-state index contributed by atoms with van der Waals surface area (Å²) in [4.78, 5) is 0. The fourth-order valence-corrected chi connectivity index (χ4v) is 6.65. The maximum absolute atomic E-state index is 2.58. The Kier molecular flexibility index (Phi) is 4.82. The van der Waals surface area contributed by atoms with Gasteiger partial charge in [0, 0.05) is 17.4 Å². The van der Waals surface area contributed by atoms with Gasteiger partial charge >= 0.3 is 0 Å². The molecule has 0 aliphatic heterocycles. The third-order valence-corrected chi connectivity index (χ3v) is 9.60. The van der Waals surface area contributed by atoms with Gasteiger partial charge in [0.25, 0.3) is 0 Å². The normalized spacial score (nSPS) is 12.7. The Morgan fingerprint density at radius 1 is 0.783 bits per heavy atom. The maximum atomic E-state index is 2.58. The van der Waals surface area contributed by atoms with Gasteiger partial charge in [-0.2, -0.15) is 0 Å². The van der Waals surface area contributed by atoms with Crippen molar-refractivity contribution >= 4 is 20.9 Å². The van der Waals surface area contributed by atoms with E-state index in [9.17, 15) is 0 Å². The number of hydrogen-bond acceptors (Lipinski definition) is 0. The topological polar surface area (TPSA) is 4.93 Å². The Labute approximate surface area is 141 Å². The molecule has 0 aliphatic carbocycles. The predicted octanol–water partition coefficient (Wildman–Crippen LogP) is 5.91. The van der Waals surface area contributed by atoms with Crippen LogP contribution >= 0.6 is 10.0 Å². The van der Waals surface area contributed by atoms with E-state index in [1.165, 1.54) is 33.7 Å². The van der Waals surface area contributed by atoms with E-state index in [1.54, 1.807) is 5.03 Å². The number of para-hydroxylation sites is 1. The van der Waals surface area contributed by atoms with Crippen LogP contribution in [0.4, 0.5) is 0 Å². The molecule has 0 spiro atoms. The van der Waals surface area contributed by atoms with Crippen LogP contribution in [0.1, 0.15) is 26.3 Å². The molecule has 3 rings (SSSR count). The quantitative estimate of drug-likeness (QED) is 0.530. The summed E-state index contributed by atoms with van der Waals surface area (Å²) in [6, 6.07) is 22.1. The van der Waals surface area contributed by atoms with E-state index < -0.39 is 10.0 Å². The molecule has 23 heavy (non-hydrogen) atoms. The predicted molar refractivity (Wildman–Crippen MR) is 105 cm³/mol. The first-order valence-electron chi connectivity index (χ1n) is 8.62.